The Morgan fingerprint density at radius 2 is 1.79 bits per heavy atom. The number of amides is 2. The number of nitro groups is 1. The molecule has 3 aromatic carbocycles. The van der Waals surface area contributed by atoms with Crippen molar-refractivity contribution in [3.63, 3.8) is 0 Å². The van der Waals surface area contributed by atoms with Crippen molar-refractivity contribution in [2.45, 2.75) is 6.92 Å². The number of hydrogen-bond donors (Lipinski definition) is 1. The van der Waals surface area contributed by atoms with Crippen molar-refractivity contribution >= 4 is 58.1 Å². The predicted octanol–water partition coefficient (Wildman–Crippen LogP) is 7.36. The molecule has 0 unspecified atom stereocenters. The Morgan fingerprint density at radius 1 is 1.03 bits per heavy atom. The zero-order valence-electron chi connectivity index (χ0n) is 17.1. The summed E-state index contributed by atoms with van der Waals surface area (Å²) in [4.78, 5) is 26.7. The van der Waals surface area contributed by atoms with Crippen molar-refractivity contribution in [1.82, 2.24) is 0 Å². The largest absolute Gasteiger partial charge is 0.477 e. The van der Waals surface area contributed by atoms with E-state index in [1.54, 1.807) is 37.3 Å². The number of hydrogen-bond acceptors (Lipinski definition) is 5. The number of nitro benzene ring substituents is 1. The normalized spacial score (nSPS) is 11.1. The molecule has 0 heterocycles. The highest BCUT2D eigenvalue weighted by Gasteiger charge is 2.15. The molecule has 11 heteroatoms. The Hall–Kier alpha value is -3.33. The Balaban J connectivity index is 1.75. The summed E-state index contributed by atoms with van der Waals surface area (Å²) < 4.78 is 11.1. The molecule has 33 heavy (non-hydrogen) atoms. The number of aliphatic imine (C=N–C) groups is 1. The molecule has 0 radical (unpaired) electrons. The first kappa shape index (κ1) is 24.3. The van der Waals surface area contributed by atoms with Crippen LogP contribution >= 0.6 is 34.8 Å². The maximum Gasteiger partial charge on any atom is 0.348 e. The highest BCUT2D eigenvalue weighted by molar-refractivity contribution is 6.34. The third-order valence-corrected chi connectivity index (χ3v) is 5.04. The van der Waals surface area contributed by atoms with Gasteiger partial charge in [-0.05, 0) is 43.3 Å². The molecule has 0 aliphatic rings. The Kier molecular flexibility index (Phi) is 8.11. The summed E-state index contributed by atoms with van der Waals surface area (Å²) in [6.45, 7) is 2.06. The van der Waals surface area contributed by atoms with Crippen molar-refractivity contribution < 1.29 is 19.2 Å². The van der Waals surface area contributed by atoms with Crippen molar-refractivity contribution in [3.05, 3.63) is 91.4 Å². The van der Waals surface area contributed by atoms with Gasteiger partial charge in [0, 0.05) is 17.8 Å². The van der Waals surface area contributed by atoms with Gasteiger partial charge in [0.15, 0.2) is 0 Å². The van der Waals surface area contributed by atoms with Gasteiger partial charge in [0.05, 0.1) is 27.1 Å². The van der Waals surface area contributed by atoms with Gasteiger partial charge in [-0.1, -0.05) is 46.9 Å². The van der Waals surface area contributed by atoms with Crippen LogP contribution in [0.4, 0.5) is 16.2 Å². The fourth-order valence-electron chi connectivity index (χ4n) is 2.67. The van der Waals surface area contributed by atoms with Crippen LogP contribution in [0.15, 0.2) is 65.7 Å². The molecular formula is C22H16Cl3N3O5. The van der Waals surface area contributed by atoms with Crippen molar-refractivity contribution in [1.29, 1.82) is 0 Å². The van der Waals surface area contributed by atoms with E-state index in [0.717, 1.165) is 0 Å². The molecule has 0 aliphatic carbocycles. The molecule has 8 nitrogen and oxygen atoms in total. The average Bonchev–Trinajstić information content (AvgIpc) is 2.75. The SMILES string of the molecule is CCO/C(=N\C(=O)Nc1ccc(Oc2ccc([N+](=O)[O-])c(Cl)c2)c(Cl)c1)c1ccccc1Cl. The number of carbonyl (C=O) groups excluding carboxylic acids is 1. The molecule has 2 amide bonds. The highest BCUT2D eigenvalue weighted by atomic mass is 35.5. The maximum absolute atomic E-state index is 12.4. The second-order valence-electron chi connectivity index (χ2n) is 6.38. The van der Waals surface area contributed by atoms with E-state index in [9.17, 15) is 14.9 Å². The van der Waals surface area contributed by atoms with Gasteiger partial charge in [0.25, 0.3) is 5.69 Å². The zero-order valence-corrected chi connectivity index (χ0v) is 19.3. The minimum absolute atomic E-state index is 0.0704. The summed E-state index contributed by atoms with van der Waals surface area (Å²) in [6.07, 6.45) is 0. The van der Waals surface area contributed by atoms with Crippen LogP contribution < -0.4 is 10.1 Å². The van der Waals surface area contributed by atoms with Crippen LogP contribution in [-0.2, 0) is 4.74 Å². The smallest absolute Gasteiger partial charge is 0.348 e. The molecule has 0 spiro atoms. The lowest BCUT2D eigenvalue weighted by Crippen LogP contribution is -2.14. The fourth-order valence-corrected chi connectivity index (χ4v) is 3.35. The monoisotopic (exact) mass is 507 g/mol. The molecule has 0 atom stereocenters. The number of benzene rings is 3. The molecular weight excluding hydrogens is 493 g/mol. The first-order valence-electron chi connectivity index (χ1n) is 9.47. The number of urea groups is 1. The summed E-state index contributed by atoms with van der Waals surface area (Å²) in [7, 11) is 0. The van der Waals surface area contributed by atoms with Gasteiger partial charge in [-0.15, -0.1) is 0 Å². The summed E-state index contributed by atoms with van der Waals surface area (Å²) in [5.41, 5.74) is 0.606. The average molecular weight is 509 g/mol. The van der Waals surface area contributed by atoms with Crippen LogP contribution in [0.2, 0.25) is 15.1 Å². The lowest BCUT2D eigenvalue weighted by Gasteiger charge is -2.11. The zero-order chi connectivity index (χ0) is 24.0. The quantitative estimate of drug-likeness (QED) is 0.162. The van der Waals surface area contributed by atoms with Crippen molar-refractivity contribution in [3.8, 4) is 11.5 Å². The standard InChI is InChI=1S/C22H16Cl3N3O5/c1-2-32-21(15-5-3-4-6-16(15)23)27-22(29)26-13-7-10-20(18(25)11-13)33-14-8-9-19(28(30)31)17(24)12-14/h3-12H,2H2,1H3,(H,26,29)/b27-21-. The van der Waals surface area contributed by atoms with Gasteiger partial charge in [0.2, 0.25) is 5.90 Å². The minimum atomic E-state index is -0.690. The molecule has 1 N–H and O–H groups in total. The van der Waals surface area contributed by atoms with Gasteiger partial charge in [-0.3, -0.25) is 10.1 Å². The minimum Gasteiger partial charge on any atom is -0.477 e. The number of nitrogens with zero attached hydrogens (tertiary/aromatic N) is 2. The summed E-state index contributed by atoms with van der Waals surface area (Å²) in [6, 6.07) is 14.7. The molecule has 3 aromatic rings. The molecule has 0 fully saturated rings. The van der Waals surface area contributed by atoms with Gasteiger partial charge >= 0.3 is 6.03 Å². The van der Waals surface area contributed by atoms with E-state index in [2.05, 4.69) is 10.3 Å². The Bertz CT molecular complexity index is 1230. The summed E-state index contributed by atoms with van der Waals surface area (Å²) >= 11 is 18.3. The number of halogens is 3. The van der Waals surface area contributed by atoms with Crippen molar-refractivity contribution in [2.75, 3.05) is 11.9 Å². The third-order valence-electron chi connectivity index (χ3n) is 4.12. The molecule has 170 valence electrons. The van der Waals surface area contributed by atoms with Gasteiger partial charge in [-0.2, -0.15) is 4.99 Å². The van der Waals surface area contributed by atoms with E-state index in [-0.39, 0.29) is 33.1 Å². The second kappa shape index (κ2) is 11.0. The van der Waals surface area contributed by atoms with Crippen LogP contribution in [0, 0.1) is 10.1 Å². The number of rotatable bonds is 6. The number of anilines is 1. The lowest BCUT2D eigenvalue weighted by molar-refractivity contribution is -0.384. The van der Waals surface area contributed by atoms with E-state index in [1.165, 1.54) is 30.3 Å². The van der Waals surface area contributed by atoms with Gasteiger partial charge < -0.3 is 14.8 Å². The molecule has 0 saturated carbocycles. The predicted molar refractivity (Wildman–Crippen MR) is 128 cm³/mol. The van der Waals surface area contributed by atoms with E-state index >= 15 is 0 Å². The van der Waals surface area contributed by atoms with E-state index in [4.69, 9.17) is 44.3 Å². The molecule has 3 rings (SSSR count). The molecule has 0 aliphatic heterocycles. The van der Waals surface area contributed by atoms with E-state index in [1.807, 2.05) is 0 Å². The maximum atomic E-state index is 12.4. The summed E-state index contributed by atoms with van der Waals surface area (Å²) in [5, 5.41) is 14.0. The fraction of sp³-hybridized carbons (Fsp3) is 0.0909. The molecule has 0 aromatic heterocycles. The molecule has 0 bridgehead atoms. The second-order valence-corrected chi connectivity index (χ2v) is 7.60. The number of carbonyl (C=O) groups is 1. The van der Waals surface area contributed by atoms with Crippen LogP contribution in [0.25, 0.3) is 0 Å². The highest BCUT2D eigenvalue weighted by Crippen LogP contribution is 2.35. The van der Waals surface area contributed by atoms with Crippen LogP contribution in [-0.4, -0.2) is 23.5 Å². The Morgan fingerprint density at radius 3 is 2.42 bits per heavy atom. The van der Waals surface area contributed by atoms with Crippen LogP contribution in [0.3, 0.4) is 0 Å². The van der Waals surface area contributed by atoms with Crippen molar-refractivity contribution in [2.24, 2.45) is 4.99 Å². The van der Waals surface area contributed by atoms with Gasteiger partial charge in [0.1, 0.15) is 16.5 Å². The number of ether oxygens (including phenoxy) is 2. The topological polar surface area (TPSA) is 103 Å². The first-order chi connectivity index (χ1) is 15.8. The van der Waals surface area contributed by atoms with E-state index in [0.29, 0.717) is 22.9 Å². The van der Waals surface area contributed by atoms with Crippen LogP contribution in [0.5, 0.6) is 11.5 Å². The van der Waals surface area contributed by atoms with Gasteiger partial charge in [-0.25, -0.2) is 4.79 Å². The third kappa shape index (κ3) is 6.35. The number of nitrogens with one attached hydrogen (secondary N) is 1. The first-order valence-corrected chi connectivity index (χ1v) is 10.6. The lowest BCUT2D eigenvalue weighted by atomic mass is 10.2. The Labute approximate surface area is 203 Å². The van der Waals surface area contributed by atoms with E-state index < -0.39 is 11.0 Å². The summed E-state index contributed by atoms with van der Waals surface area (Å²) in [5.74, 6) is 0.603. The van der Waals surface area contributed by atoms with Crippen LogP contribution in [0.1, 0.15) is 12.5 Å². The molecule has 0 saturated heterocycles.